The molecule has 1 aromatic carbocycles. The predicted molar refractivity (Wildman–Crippen MR) is 99.3 cm³/mol. The molecule has 0 bridgehead atoms. The number of nitrogens with one attached hydrogen (secondary N) is 3. The van der Waals surface area contributed by atoms with Crippen molar-refractivity contribution in [3.05, 3.63) is 35.4 Å². The zero-order valence-corrected chi connectivity index (χ0v) is 15.8. The number of halogens is 3. The number of hydrogen-bond donors (Lipinski definition) is 3. The van der Waals surface area contributed by atoms with Crippen molar-refractivity contribution in [2.24, 2.45) is 0 Å². The molecule has 152 valence electrons. The van der Waals surface area contributed by atoms with Crippen molar-refractivity contribution < 1.29 is 21.9 Å². The molecule has 1 aliphatic heterocycles. The second kappa shape index (κ2) is 8.41. The van der Waals surface area contributed by atoms with E-state index in [1.807, 2.05) is 4.72 Å². The van der Waals surface area contributed by atoms with Crippen LogP contribution in [0.1, 0.15) is 24.0 Å². The van der Waals surface area contributed by atoms with Gasteiger partial charge in [-0.15, -0.1) is 10.2 Å². The van der Waals surface area contributed by atoms with Crippen LogP contribution in [-0.2, 0) is 17.4 Å². The number of benzene rings is 1. The summed E-state index contributed by atoms with van der Waals surface area (Å²) in [6.45, 7) is 3.53. The number of hydrogen-bond acceptors (Lipinski definition) is 6. The summed E-state index contributed by atoms with van der Waals surface area (Å²) in [6.07, 6.45) is -2.55. The van der Waals surface area contributed by atoms with E-state index in [0.717, 1.165) is 38.1 Å². The molecule has 3 rings (SSSR count). The maximum absolute atomic E-state index is 13.0. The maximum atomic E-state index is 13.0. The Bertz CT molecular complexity index is 872. The molecular formula is C17H19F3N5O2S-. The van der Waals surface area contributed by atoms with E-state index in [4.69, 9.17) is 0 Å². The maximum Gasteiger partial charge on any atom is 0.416 e. The topological polar surface area (TPSA) is 102 Å². The molecule has 2 heterocycles. The molecule has 1 aliphatic rings. The first-order chi connectivity index (χ1) is 13.2. The standard InChI is InChI=1S/C17H20F3N5O2S/c1-10-7-15(22-12-3-2-6-21-9-12)23-24-16(10)13-5-4-11(17(18,19)20)8-14(13)25-28(26)27/h4-5,7-8,12,21,25H,2-3,6,9H2,1H3,(H,22,23)(H,26,27)/p-1. The molecular weight excluding hydrogens is 395 g/mol. The van der Waals surface area contributed by atoms with Gasteiger partial charge in [-0.25, -0.2) is 0 Å². The lowest BCUT2D eigenvalue weighted by molar-refractivity contribution is -0.137. The van der Waals surface area contributed by atoms with E-state index in [-0.39, 0.29) is 17.3 Å². The van der Waals surface area contributed by atoms with Gasteiger partial charge in [0.1, 0.15) is 5.82 Å². The summed E-state index contributed by atoms with van der Waals surface area (Å²) in [6, 6.07) is 4.78. The summed E-state index contributed by atoms with van der Waals surface area (Å²) in [5.41, 5.74) is -0.00141. The van der Waals surface area contributed by atoms with Gasteiger partial charge in [0.15, 0.2) is 0 Å². The van der Waals surface area contributed by atoms with Gasteiger partial charge in [0.05, 0.1) is 16.9 Å². The van der Waals surface area contributed by atoms with E-state index in [1.165, 1.54) is 6.07 Å². The van der Waals surface area contributed by atoms with E-state index >= 15 is 0 Å². The molecule has 0 radical (unpaired) electrons. The SMILES string of the molecule is Cc1cc(NC2CCCNC2)nnc1-c1ccc(C(F)(F)F)cc1NS(=O)[O-]. The Morgan fingerprint density at radius 1 is 1.29 bits per heavy atom. The van der Waals surface area contributed by atoms with Crippen molar-refractivity contribution in [2.75, 3.05) is 23.1 Å². The summed E-state index contributed by atoms with van der Waals surface area (Å²) in [4.78, 5) is 0. The van der Waals surface area contributed by atoms with Crippen LogP contribution in [0, 0.1) is 6.92 Å². The number of anilines is 2. The molecule has 1 fully saturated rings. The highest BCUT2D eigenvalue weighted by Gasteiger charge is 2.31. The average Bonchev–Trinajstić information content (AvgIpc) is 2.62. The van der Waals surface area contributed by atoms with Gasteiger partial charge in [-0.05, 0) is 50.1 Å². The highest BCUT2D eigenvalue weighted by atomic mass is 32.2. The van der Waals surface area contributed by atoms with Gasteiger partial charge in [0.25, 0.3) is 0 Å². The quantitative estimate of drug-likeness (QED) is 0.651. The Kier molecular flexibility index (Phi) is 6.16. The molecule has 0 aliphatic carbocycles. The van der Waals surface area contributed by atoms with Crippen LogP contribution in [0.4, 0.5) is 24.7 Å². The number of rotatable bonds is 5. The minimum Gasteiger partial charge on any atom is -0.755 e. The zero-order valence-electron chi connectivity index (χ0n) is 15.0. The van der Waals surface area contributed by atoms with Gasteiger partial charge in [0, 0.05) is 29.4 Å². The number of aryl methyl sites for hydroxylation is 1. The molecule has 7 nitrogen and oxygen atoms in total. The predicted octanol–water partition coefficient (Wildman–Crippen LogP) is 2.84. The third-order valence-electron chi connectivity index (χ3n) is 4.43. The Morgan fingerprint density at radius 3 is 2.68 bits per heavy atom. The van der Waals surface area contributed by atoms with Crippen LogP contribution in [0.25, 0.3) is 11.3 Å². The van der Waals surface area contributed by atoms with E-state index < -0.39 is 23.0 Å². The molecule has 0 saturated carbocycles. The molecule has 3 N–H and O–H groups in total. The lowest BCUT2D eigenvalue weighted by Gasteiger charge is -2.24. The van der Waals surface area contributed by atoms with Crippen LogP contribution in [-0.4, -0.2) is 38.1 Å². The van der Waals surface area contributed by atoms with Gasteiger partial charge in [-0.2, -0.15) is 13.2 Å². The highest BCUT2D eigenvalue weighted by molar-refractivity contribution is 7.80. The van der Waals surface area contributed by atoms with Crippen LogP contribution in [0.15, 0.2) is 24.3 Å². The fourth-order valence-corrected chi connectivity index (χ4v) is 3.46. The smallest absolute Gasteiger partial charge is 0.416 e. The van der Waals surface area contributed by atoms with Crippen LogP contribution < -0.4 is 15.4 Å². The van der Waals surface area contributed by atoms with Crippen molar-refractivity contribution in [3.63, 3.8) is 0 Å². The Hall–Kier alpha value is -2.24. The van der Waals surface area contributed by atoms with Gasteiger partial charge >= 0.3 is 6.18 Å². The average molecular weight is 414 g/mol. The molecule has 11 heteroatoms. The van der Waals surface area contributed by atoms with Gasteiger partial charge in [-0.3, -0.25) is 4.21 Å². The number of alkyl halides is 3. The number of piperidine rings is 1. The lowest BCUT2D eigenvalue weighted by Crippen LogP contribution is -2.38. The fraction of sp³-hybridized carbons (Fsp3) is 0.412. The van der Waals surface area contributed by atoms with Gasteiger partial charge in [0.2, 0.25) is 0 Å². The normalized spacial score (nSPS) is 18.5. The van der Waals surface area contributed by atoms with Gasteiger partial charge < -0.3 is 19.9 Å². The van der Waals surface area contributed by atoms with E-state index in [0.29, 0.717) is 17.1 Å². The molecule has 2 aromatic rings. The molecule has 0 spiro atoms. The first-order valence-corrected chi connectivity index (χ1v) is 9.70. The van der Waals surface area contributed by atoms with Crippen LogP contribution in [0.3, 0.4) is 0 Å². The number of aromatic nitrogens is 2. The molecule has 1 saturated heterocycles. The highest BCUT2D eigenvalue weighted by Crippen LogP contribution is 2.36. The Morgan fingerprint density at radius 2 is 2.07 bits per heavy atom. The van der Waals surface area contributed by atoms with Crippen LogP contribution in [0.5, 0.6) is 0 Å². The Labute approximate surface area is 162 Å². The second-order valence-electron chi connectivity index (χ2n) is 6.54. The lowest BCUT2D eigenvalue weighted by atomic mass is 10.0. The molecule has 28 heavy (non-hydrogen) atoms. The van der Waals surface area contributed by atoms with Crippen molar-refractivity contribution in [1.82, 2.24) is 15.5 Å². The molecule has 1 aromatic heterocycles. The van der Waals surface area contributed by atoms with E-state index in [1.54, 1.807) is 13.0 Å². The van der Waals surface area contributed by atoms with E-state index in [2.05, 4.69) is 20.8 Å². The largest absolute Gasteiger partial charge is 0.755 e. The van der Waals surface area contributed by atoms with Crippen molar-refractivity contribution >= 4 is 22.8 Å². The molecule has 2 atom stereocenters. The third-order valence-corrected chi connectivity index (χ3v) is 4.82. The Balaban J connectivity index is 1.92. The first-order valence-electron chi connectivity index (χ1n) is 8.63. The second-order valence-corrected chi connectivity index (χ2v) is 7.22. The summed E-state index contributed by atoms with van der Waals surface area (Å²) < 4.78 is 63.0. The minimum atomic E-state index is -4.60. The number of nitrogens with zero attached hydrogens (tertiary/aromatic N) is 2. The summed E-state index contributed by atoms with van der Waals surface area (Å²) >= 11 is -2.79. The fourth-order valence-electron chi connectivity index (χ4n) is 3.11. The minimum absolute atomic E-state index is 0.210. The monoisotopic (exact) mass is 414 g/mol. The van der Waals surface area contributed by atoms with Crippen molar-refractivity contribution in [2.45, 2.75) is 32.0 Å². The van der Waals surface area contributed by atoms with E-state index in [9.17, 15) is 21.9 Å². The summed E-state index contributed by atoms with van der Waals surface area (Å²) in [5, 5.41) is 14.8. The summed E-state index contributed by atoms with van der Waals surface area (Å²) in [5.74, 6) is 0.559. The molecule has 0 amide bonds. The molecule has 2 unspecified atom stereocenters. The first kappa shape index (κ1) is 20.5. The summed E-state index contributed by atoms with van der Waals surface area (Å²) in [7, 11) is 0. The van der Waals surface area contributed by atoms with Gasteiger partial charge in [-0.1, -0.05) is 6.07 Å². The van der Waals surface area contributed by atoms with Crippen molar-refractivity contribution in [1.29, 1.82) is 0 Å². The third kappa shape index (κ3) is 4.97. The van der Waals surface area contributed by atoms with Crippen LogP contribution in [0.2, 0.25) is 0 Å². The van der Waals surface area contributed by atoms with Crippen LogP contribution >= 0.6 is 0 Å². The van der Waals surface area contributed by atoms with Crippen molar-refractivity contribution in [3.8, 4) is 11.3 Å². The zero-order chi connectivity index (χ0) is 20.3.